The minimum Gasteiger partial charge on any atom is -0.391 e. The molecule has 0 spiro atoms. The maximum Gasteiger partial charge on any atom is 0.0175 e. The van der Waals surface area contributed by atoms with Gasteiger partial charge in [-0.15, -0.1) is 6.58 Å². The zero-order valence-electron chi connectivity index (χ0n) is 5.35. The Morgan fingerprint density at radius 2 is 2.38 bits per heavy atom. The van der Waals surface area contributed by atoms with Crippen LogP contribution in [0, 0.1) is 0 Å². The van der Waals surface area contributed by atoms with Crippen molar-refractivity contribution >= 4 is 0 Å². The summed E-state index contributed by atoms with van der Waals surface area (Å²) in [6, 6.07) is 0. The fraction of sp³-hybridized carbons (Fsp3) is 0.429. The second-order valence-corrected chi connectivity index (χ2v) is 1.53. The lowest BCUT2D eigenvalue weighted by molar-refractivity contribution is 0.852. The molecule has 1 N–H and O–H groups in total. The van der Waals surface area contributed by atoms with Crippen molar-refractivity contribution < 1.29 is 0 Å². The molecule has 0 aromatic heterocycles. The van der Waals surface area contributed by atoms with Gasteiger partial charge in [0.2, 0.25) is 0 Å². The number of allylic oxidation sites excluding steroid dienone is 1. The molecule has 0 aromatic carbocycles. The summed E-state index contributed by atoms with van der Waals surface area (Å²) in [5.41, 5.74) is 0. The molecule has 0 atom stereocenters. The van der Waals surface area contributed by atoms with Crippen LogP contribution in [0.4, 0.5) is 0 Å². The van der Waals surface area contributed by atoms with Crippen molar-refractivity contribution in [3.63, 3.8) is 0 Å². The summed E-state index contributed by atoms with van der Waals surface area (Å²) in [7, 11) is 0. The average molecular weight is 111 g/mol. The van der Waals surface area contributed by atoms with E-state index in [1.165, 1.54) is 0 Å². The molecular weight excluding hydrogens is 98.1 g/mol. The first kappa shape index (κ1) is 7.28. The van der Waals surface area contributed by atoms with E-state index in [9.17, 15) is 0 Å². The number of hydrogen-bond acceptors (Lipinski definition) is 1. The second-order valence-electron chi connectivity index (χ2n) is 1.53. The normalized spacial score (nSPS) is 9.62. The lowest BCUT2D eigenvalue weighted by atomic mass is 10.4. The highest BCUT2D eigenvalue weighted by Gasteiger charge is 1.71. The van der Waals surface area contributed by atoms with Crippen LogP contribution in [0.3, 0.4) is 0 Å². The van der Waals surface area contributed by atoms with Gasteiger partial charge in [0.1, 0.15) is 0 Å². The SMILES string of the molecule is C=CCCN/C=C/C. The topological polar surface area (TPSA) is 12.0 Å². The van der Waals surface area contributed by atoms with Crippen LogP contribution in [0.25, 0.3) is 0 Å². The molecule has 0 aliphatic carbocycles. The molecule has 0 aliphatic rings. The molecule has 0 saturated heterocycles. The van der Waals surface area contributed by atoms with Crippen LogP contribution in [0.5, 0.6) is 0 Å². The standard InChI is InChI=1S/C7H13N/c1-3-5-7-8-6-4-2/h3-4,6,8H,1,5,7H2,2H3/b6-4+. The first-order valence-corrected chi connectivity index (χ1v) is 2.87. The molecular formula is C7H13N. The molecule has 0 unspecified atom stereocenters. The largest absolute Gasteiger partial charge is 0.391 e. The van der Waals surface area contributed by atoms with Crippen molar-refractivity contribution in [3.8, 4) is 0 Å². The molecule has 0 aliphatic heterocycles. The van der Waals surface area contributed by atoms with E-state index in [-0.39, 0.29) is 0 Å². The number of hydrogen-bond donors (Lipinski definition) is 1. The summed E-state index contributed by atoms with van der Waals surface area (Å²) in [6.45, 7) is 6.58. The number of rotatable bonds is 4. The number of nitrogens with one attached hydrogen (secondary N) is 1. The van der Waals surface area contributed by atoms with Crippen molar-refractivity contribution in [2.45, 2.75) is 13.3 Å². The zero-order valence-corrected chi connectivity index (χ0v) is 5.35. The van der Waals surface area contributed by atoms with E-state index in [0.29, 0.717) is 0 Å². The predicted octanol–water partition coefficient (Wildman–Crippen LogP) is 1.69. The van der Waals surface area contributed by atoms with Gasteiger partial charge in [0, 0.05) is 6.54 Å². The van der Waals surface area contributed by atoms with Gasteiger partial charge in [-0.05, 0) is 19.5 Å². The Morgan fingerprint density at radius 3 is 2.88 bits per heavy atom. The van der Waals surface area contributed by atoms with Crippen LogP contribution in [0.15, 0.2) is 24.9 Å². The minimum atomic E-state index is 0.994. The van der Waals surface area contributed by atoms with E-state index in [1.54, 1.807) is 0 Å². The van der Waals surface area contributed by atoms with Gasteiger partial charge < -0.3 is 5.32 Å². The molecule has 0 aromatic rings. The Balaban J connectivity index is 2.82. The minimum absolute atomic E-state index is 0.994. The molecule has 46 valence electrons. The molecule has 0 rings (SSSR count). The fourth-order valence-electron chi connectivity index (χ4n) is 0.387. The van der Waals surface area contributed by atoms with E-state index in [4.69, 9.17) is 0 Å². The van der Waals surface area contributed by atoms with Gasteiger partial charge in [-0.25, -0.2) is 0 Å². The second kappa shape index (κ2) is 6.28. The van der Waals surface area contributed by atoms with Crippen LogP contribution in [0.2, 0.25) is 0 Å². The summed E-state index contributed by atoms with van der Waals surface area (Å²) in [6.07, 6.45) is 6.84. The molecule has 0 heterocycles. The van der Waals surface area contributed by atoms with Crippen LogP contribution in [0.1, 0.15) is 13.3 Å². The van der Waals surface area contributed by atoms with Gasteiger partial charge in [-0.1, -0.05) is 12.2 Å². The van der Waals surface area contributed by atoms with E-state index in [1.807, 2.05) is 25.3 Å². The third-order valence-electron chi connectivity index (χ3n) is 0.777. The van der Waals surface area contributed by atoms with Gasteiger partial charge in [-0.2, -0.15) is 0 Å². The molecule has 8 heavy (non-hydrogen) atoms. The van der Waals surface area contributed by atoms with E-state index in [2.05, 4.69) is 11.9 Å². The maximum atomic E-state index is 3.59. The van der Waals surface area contributed by atoms with Crippen molar-refractivity contribution in [1.29, 1.82) is 0 Å². The van der Waals surface area contributed by atoms with Crippen molar-refractivity contribution in [2.75, 3.05) is 6.54 Å². The molecule has 1 heteroatoms. The predicted molar refractivity (Wildman–Crippen MR) is 37.6 cm³/mol. The molecule has 0 amide bonds. The van der Waals surface area contributed by atoms with Gasteiger partial charge in [0.05, 0.1) is 0 Å². The quantitative estimate of drug-likeness (QED) is 0.430. The Labute approximate surface area is 51.1 Å². The van der Waals surface area contributed by atoms with Crippen molar-refractivity contribution in [3.05, 3.63) is 24.9 Å². The van der Waals surface area contributed by atoms with Gasteiger partial charge >= 0.3 is 0 Å². The van der Waals surface area contributed by atoms with Crippen LogP contribution >= 0.6 is 0 Å². The highest BCUT2D eigenvalue weighted by atomic mass is 14.8. The zero-order chi connectivity index (χ0) is 6.24. The molecule has 0 bridgehead atoms. The highest BCUT2D eigenvalue weighted by Crippen LogP contribution is 1.74. The van der Waals surface area contributed by atoms with Gasteiger partial charge in [-0.3, -0.25) is 0 Å². The summed E-state index contributed by atoms with van der Waals surface area (Å²) in [5, 5.41) is 3.08. The summed E-state index contributed by atoms with van der Waals surface area (Å²) < 4.78 is 0. The third kappa shape index (κ3) is 5.28. The molecule has 1 nitrogen and oxygen atoms in total. The molecule has 0 fully saturated rings. The van der Waals surface area contributed by atoms with E-state index >= 15 is 0 Å². The van der Waals surface area contributed by atoms with Crippen molar-refractivity contribution in [2.24, 2.45) is 0 Å². The van der Waals surface area contributed by atoms with Crippen LogP contribution in [-0.2, 0) is 0 Å². The van der Waals surface area contributed by atoms with Gasteiger partial charge in [0.15, 0.2) is 0 Å². The Bertz CT molecular complexity index is 74.5. The summed E-state index contributed by atoms with van der Waals surface area (Å²) in [5.74, 6) is 0. The summed E-state index contributed by atoms with van der Waals surface area (Å²) in [4.78, 5) is 0. The Kier molecular flexibility index (Phi) is 5.71. The van der Waals surface area contributed by atoms with Crippen LogP contribution < -0.4 is 5.32 Å². The van der Waals surface area contributed by atoms with Crippen molar-refractivity contribution in [1.82, 2.24) is 5.32 Å². The Morgan fingerprint density at radius 1 is 1.62 bits per heavy atom. The monoisotopic (exact) mass is 111 g/mol. The highest BCUT2D eigenvalue weighted by molar-refractivity contribution is 4.76. The van der Waals surface area contributed by atoms with Crippen LogP contribution in [-0.4, -0.2) is 6.54 Å². The average Bonchev–Trinajstić information content (AvgIpc) is 1.81. The lowest BCUT2D eigenvalue weighted by Crippen LogP contribution is -2.04. The summed E-state index contributed by atoms with van der Waals surface area (Å²) >= 11 is 0. The van der Waals surface area contributed by atoms with E-state index in [0.717, 1.165) is 13.0 Å². The maximum absolute atomic E-state index is 3.59. The fourth-order valence-corrected chi connectivity index (χ4v) is 0.387. The smallest absolute Gasteiger partial charge is 0.0175 e. The lowest BCUT2D eigenvalue weighted by Gasteiger charge is -1.92. The first-order chi connectivity index (χ1) is 3.91. The molecule has 0 radical (unpaired) electrons. The third-order valence-corrected chi connectivity index (χ3v) is 0.777. The first-order valence-electron chi connectivity index (χ1n) is 2.87. The van der Waals surface area contributed by atoms with Gasteiger partial charge in [0.25, 0.3) is 0 Å². The van der Waals surface area contributed by atoms with E-state index < -0.39 is 0 Å². The Hall–Kier alpha value is -0.720. The molecule has 0 saturated carbocycles.